The number of esters is 1. The van der Waals surface area contributed by atoms with Gasteiger partial charge in [-0.3, -0.25) is 9.78 Å². The zero-order valence-corrected chi connectivity index (χ0v) is 18.0. The first-order valence-corrected chi connectivity index (χ1v) is 10.4. The number of carbonyl (C=O) groups excluding carboxylic acids is 1. The van der Waals surface area contributed by atoms with Crippen LogP contribution in [0.25, 0.3) is 11.3 Å². The second-order valence-corrected chi connectivity index (χ2v) is 7.59. The first-order chi connectivity index (χ1) is 15.5. The normalized spacial score (nSPS) is 17.8. The van der Waals surface area contributed by atoms with Crippen molar-refractivity contribution in [2.75, 3.05) is 13.7 Å². The summed E-state index contributed by atoms with van der Waals surface area (Å²) in [5, 5.41) is 13.3. The fourth-order valence-electron chi connectivity index (χ4n) is 3.81. The number of carbonyl (C=O) groups is 2. The number of carboxylic acids is 1. The van der Waals surface area contributed by atoms with E-state index in [1.165, 1.54) is 13.2 Å². The highest BCUT2D eigenvalue weighted by atomic mass is 32.1. The SMILES string of the molecule is COC(=O)CCN1C(=S)N[C@H](c2ccccn2)[C@H]1c1ccc(-c2ccccc2C(=O)O)o1. The molecule has 2 atom stereocenters. The van der Waals surface area contributed by atoms with Crippen LogP contribution < -0.4 is 5.32 Å². The van der Waals surface area contributed by atoms with Gasteiger partial charge in [-0.15, -0.1) is 0 Å². The quantitative estimate of drug-likeness (QED) is 0.412. The number of nitrogens with zero attached hydrogens (tertiary/aromatic N) is 2. The van der Waals surface area contributed by atoms with Crippen molar-refractivity contribution < 1.29 is 23.8 Å². The Morgan fingerprint density at radius 1 is 1.19 bits per heavy atom. The van der Waals surface area contributed by atoms with Crippen LogP contribution in [0.15, 0.2) is 65.2 Å². The molecule has 2 N–H and O–H groups in total. The zero-order chi connectivity index (χ0) is 22.7. The molecule has 1 aromatic carbocycles. The first kappa shape index (κ1) is 21.5. The van der Waals surface area contributed by atoms with Gasteiger partial charge < -0.3 is 24.5 Å². The maximum absolute atomic E-state index is 11.8. The number of pyridine rings is 1. The van der Waals surface area contributed by atoms with Gasteiger partial charge in [-0.2, -0.15) is 0 Å². The minimum Gasteiger partial charge on any atom is -0.478 e. The predicted octanol–water partition coefficient (Wildman–Crippen LogP) is 3.58. The molecular weight excluding hydrogens is 430 g/mol. The molecule has 0 amide bonds. The van der Waals surface area contributed by atoms with Crippen molar-refractivity contribution >= 4 is 29.3 Å². The van der Waals surface area contributed by atoms with Gasteiger partial charge in [0.05, 0.1) is 30.8 Å². The number of rotatable bonds is 7. The van der Waals surface area contributed by atoms with E-state index in [9.17, 15) is 14.7 Å². The molecule has 1 fully saturated rings. The van der Waals surface area contributed by atoms with Crippen molar-refractivity contribution in [1.82, 2.24) is 15.2 Å². The topological polar surface area (TPSA) is 105 Å². The monoisotopic (exact) mass is 451 g/mol. The summed E-state index contributed by atoms with van der Waals surface area (Å²) in [6, 6.07) is 15.1. The highest BCUT2D eigenvalue weighted by molar-refractivity contribution is 7.80. The average molecular weight is 452 g/mol. The van der Waals surface area contributed by atoms with E-state index in [0.29, 0.717) is 28.7 Å². The van der Waals surface area contributed by atoms with Crippen LogP contribution in [0.3, 0.4) is 0 Å². The number of methoxy groups -OCH3 is 1. The van der Waals surface area contributed by atoms with Gasteiger partial charge in [0, 0.05) is 18.3 Å². The fraction of sp³-hybridized carbons (Fsp3) is 0.217. The number of furan rings is 1. The van der Waals surface area contributed by atoms with Crippen molar-refractivity contribution in [3.8, 4) is 11.3 Å². The lowest BCUT2D eigenvalue weighted by Crippen LogP contribution is -2.31. The molecule has 1 aliphatic rings. The maximum Gasteiger partial charge on any atom is 0.336 e. The fourth-order valence-corrected chi connectivity index (χ4v) is 4.14. The number of carboxylic acid groups (broad SMARTS) is 1. The third-order valence-corrected chi connectivity index (χ3v) is 5.68. The van der Waals surface area contributed by atoms with Crippen LogP contribution in [0.2, 0.25) is 0 Å². The molecule has 9 heteroatoms. The second-order valence-electron chi connectivity index (χ2n) is 7.20. The van der Waals surface area contributed by atoms with E-state index >= 15 is 0 Å². The van der Waals surface area contributed by atoms with Gasteiger partial charge in [0.1, 0.15) is 17.6 Å². The predicted molar refractivity (Wildman–Crippen MR) is 120 cm³/mol. The molecule has 164 valence electrons. The number of aromatic nitrogens is 1. The first-order valence-electron chi connectivity index (χ1n) is 9.97. The molecular formula is C23H21N3O5S. The number of benzene rings is 1. The lowest BCUT2D eigenvalue weighted by atomic mass is 10.0. The molecule has 32 heavy (non-hydrogen) atoms. The molecule has 1 saturated heterocycles. The van der Waals surface area contributed by atoms with E-state index in [-0.39, 0.29) is 30.0 Å². The van der Waals surface area contributed by atoms with Crippen molar-refractivity contribution in [3.63, 3.8) is 0 Å². The number of ether oxygens (including phenoxy) is 1. The summed E-state index contributed by atoms with van der Waals surface area (Å²) in [5.74, 6) is -0.367. The van der Waals surface area contributed by atoms with Crippen LogP contribution in [0.5, 0.6) is 0 Å². The molecule has 0 bridgehead atoms. The molecule has 8 nitrogen and oxygen atoms in total. The Morgan fingerprint density at radius 2 is 1.97 bits per heavy atom. The molecule has 2 aromatic heterocycles. The number of hydrogen-bond acceptors (Lipinski definition) is 6. The molecule has 3 heterocycles. The van der Waals surface area contributed by atoms with E-state index in [0.717, 1.165) is 5.69 Å². The van der Waals surface area contributed by atoms with Gasteiger partial charge in [-0.1, -0.05) is 24.3 Å². The van der Waals surface area contributed by atoms with Gasteiger partial charge in [0.25, 0.3) is 0 Å². The number of hydrogen-bond donors (Lipinski definition) is 2. The lowest BCUT2D eigenvalue weighted by Gasteiger charge is -2.25. The molecule has 0 unspecified atom stereocenters. The molecule has 0 radical (unpaired) electrons. The average Bonchev–Trinajstić information content (AvgIpc) is 3.42. The van der Waals surface area contributed by atoms with E-state index in [2.05, 4.69) is 10.3 Å². The minimum absolute atomic E-state index is 0.150. The third-order valence-electron chi connectivity index (χ3n) is 5.32. The Kier molecular flexibility index (Phi) is 6.18. The Balaban J connectivity index is 1.72. The van der Waals surface area contributed by atoms with Crippen LogP contribution in [0.1, 0.15) is 40.3 Å². The minimum atomic E-state index is -1.03. The Bertz CT molecular complexity index is 1150. The standard InChI is InChI=1S/C23H21N3O5S/c1-30-19(27)11-13-26-21(20(25-23(26)32)16-8-4-5-12-24-16)18-10-9-17(31-18)14-6-2-3-7-15(14)22(28)29/h2-10,12,20-21H,11,13H2,1H3,(H,25,32)(H,28,29)/t20-,21-/m1/s1. The molecule has 0 spiro atoms. The molecule has 1 aliphatic heterocycles. The summed E-state index contributed by atoms with van der Waals surface area (Å²) in [7, 11) is 1.34. The number of nitrogens with one attached hydrogen (secondary N) is 1. The van der Waals surface area contributed by atoms with Crippen LogP contribution in [-0.4, -0.2) is 45.7 Å². The van der Waals surface area contributed by atoms with Gasteiger partial charge in [0.2, 0.25) is 0 Å². The summed E-state index contributed by atoms with van der Waals surface area (Å²) >= 11 is 5.55. The summed E-state index contributed by atoms with van der Waals surface area (Å²) in [6.07, 6.45) is 1.85. The van der Waals surface area contributed by atoms with E-state index in [4.69, 9.17) is 21.4 Å². The van der Waals surface area contributed by atoms with E-state index in [1.54, 1.807) is 36.5 Å². The Morgan fingerprint density at radius 3 is 2.69 bits per heavy atom. The van der Waals surface area contributed by atoms with Crippen LogP contribution in [0.4, 0.5) is 0 Å². The maximum atomic E-state index is 11.8. The van der Waals surface area contributed by atoms with Gasteiger partial charge in [-0.05, 0) is 42.5 Å². The Hall–Kier alpha value is -3.72. The van der Waals surface area contributed by atoms with Crippen LogP contribution >= 0.6 is 12.2 Å². The highest BCUT2D eigenvalue weighted by Gasteiger charge is 2.41. The van der Waals surface area contributed by atoms with Gasteiger partial charge >= 0.3 is 11.9 Å². The largest absolute Gasteiger partial charge is 0.478 e. The molecule has 3 aromatic rings. The van der Waals surface area contributed by atoms with Crippen molar-refractivity contribution in [3.05, 3.63) is 77.8 Å². The molecule has 0 saturated carbocycles. The summed E-state index contributed by atoms with van der Waals surface area (Å²) < 4.78 is 10.9. The summed E-state index contributed by atoms with van der Waals surface area (Å²) in [4.78, 5) is 29.7. The van der Waals surface area contributed by atoms with Gasteiger partial charge in [0.15, 0.2) is 5.11 Å². The van der Waals surface area contributed by atoms with Crippen LogP contribution in [-0.2, 0) is 9.53 Å². The second kappa shape index (κ2) is 9.19. The van der Waals surface area contributed by atoms with Crippen molar-refractivity contribution in [2.24, 2.45) is 0 Å². The summed E-state index contributed by atoms with van der Waals surface area (Å²) in [5.41, 5.74) is 1.40. The van der Waals surface area contributed by atoms with Crippen molar-refractivity contribution in [2.45, 2.75) is 18.5 Å². The summed E-state index contributed by atoms with van der Waals surface area (Å²) in [6.45, 7) is 0.328. The zero-order valence-electron chi connectivity index (χ0n) is 17.2. The highest BCUT2D eigenvalue weighted by Crippen LogP contribution is 2.40. The third kappa shape index (κ3) is 4.19. The van der Waals surface area contributed by atoms with E-state index < -0.39 is 5.97 Å². The number of aromatic carboxylic acids is 1. The smallest absolute Gasteiger partial charge is 0.336 e. The molecule has 0 aliphatic carbocycles. The van der Waals surface area contributed by atoms with Crippen molar-refractivity contribution in [1.29, 1.82) is 0 Å². The molecule has 4 rings (SSSR count). The van der Waals surface area contributed by atoms with Gasteiger partial charge in [-0.25, -0.2) is 4.79 Å². The lowest BCUT2D eigenvalue weighted by molar-refractivity contribution is -0.140. The van der Waals surface area contributed by atoms with E-state index in [1.807, 2.05) is 23.1 Å². The Labute approximate surface area is 189 Å². The number of thiocarbonyl (C=S) groups is 1. The van der Waals surface area contributed by atoms with Crippen LogP contribution in [0, 0.1) is 0 Å².